The average molecular weight is 252 g/mol. The second-order valence-electron chi connectivity index (χ2n) is 4.73. The Morgan fingerprint density at radius 2 is 1.95 bits per heavy atom. The summed E-state index contributed by atoms with van der Waals surface area (Å²) in [5.41, 5.74) is 2.57. The molecule has 0 aliphatic heterocycles. The fraction of sp³-hybridized carbons (Fsp3) is 0.188. The van der Waals surface area contributed by atoms with Gasteiger partial charge in [-0.1, -0.05) is 24.3 Å². The zero-order valence-corrected chi connectivity index (χ0v) is 11.1. The molecule has 0 spiro atoms. The Hall–Kier alpha value is -2.29. The molecule has 3 aromatic rings. The van der Waals surface area contributed by atoms with Crippen LogP contribution in [0.4, 0.5) is 5.82 Å². The average Bonchev–Trinajstić information content (AvgIpc) is 2.85. The molecule has 0 radical (unpaired) electrons. The van der Waals surface area contributed by atoms with Gasteiger partial charge in [0.2, 0.25) is 0 Å². The van der Waals surface area contributed by atoms with Crippen molar-refractivity contribution in [2.45, 2.75) is 6.42 Å². The second-order valence-corrected chi connectivity index (χ2v) is 4.73. The van der Waals surface area contributed by atoms with Gasteiger partial charge in [-0.25, -0.2) is 4.57 Å². The number of para-hydroxylation sites is 1. The number of benzene rings is 1. The van der Waals surface area contributed by atoms with E-state index in [2.05, 4.69) is 51.4 Å². The second kappa shape index (κ2) is 5.14. The molecule has 19 heavy (non-hydrogen) atoms. The number of nitrogens with zero attached hydrogens (tertiary/aromatic N) is 1. The van der Waals surface area contributed by atoms with Gasteiger partial charge < -0.3 is 4.98 Å². The van der Waals surface area contributed by atoms with Crippen LogP contribution in [0.25, 0.3) is 10.9 Å². The highest BCUT2D eigenvalue weighted by Crippen LogP contribution is 2.17. The maximum atomic E-state index is 3.46. The van der Waals surface area contributed by atoms with E-state index in [-0.39, 0.29) is 0 Å². The summed E-state index contributed by atoms with van der Waals surface area (Å²) in [4.78, 5) is 3.32. The molecule has 0 saturated carbocycles. The van der Waals surface area contributed by atoms with Gasteiger partial charge in [0.15, 0.2) is 0 Å². The molecule has 2 heterocycles. The molecule has 0 unspecified atom stereocenters. The number of hydrogen-bond donors (Lipinski definition) is 2. The van der Waals surface area contributed by atoms with Crippen LogP contribution >= 0.6 is 0 Å². The Morgan fingerprint density at radius 3 is 2.84 bits per heavy atom. The number of aromatic amines is 1. The standard InChI is InChI=1S/C16H17N3/c1-19-11-5-4-8-16(19)17-10-9-13-12-18-15-7-3-2-6-14(13)15/h2-8,11-12,18H,9-10H2,1H3/p+1. The highest BCUT2D eigenvalue weighted by molar-refractivity contribution is 5.83. The summed E-state index contributed by atoms with van der Waals surface area (Å²) >= 11 is 0. The molecule has 2 N–H and O–H groups in total. The van der Waals surface area contributed by atoms with Crippen LogP contribution in [-0.4, -0.2) is 11.5 Å². The van der Waals surface area contributed by atoms with Crippen LogP contribution in [0.1, 0.15) is 5.56 Å². The van der Waals surface area contributed by atoms with Gasteiger partial charge in [0.1, 0.15) is 0 Å². The molecule has 0 saturated heterocycles. The van der Waals surface area contributed by atoms with Crippen molar-refractivity contribution in [1.82, 2.24) is 4.98 Å². The van der Waals surface area contributed by atoms with Gasteiger partial charge in [0.25, 0.3) is 5.82 Å². The molecule has 0 aliphatic rings. The van der Waals surface area contributed by atoms with Gasteiger partial charge in [-0.15, -0.1) is 0 Å². The van der Waals surface area contributed by atoms with Crippen LogP contribution < -0.4 is 9.88 Å². The quantitative estimate of drug-likeness (QED) is 0.687. The first-order valence-corrected chi connectivity index (χ1v) is 6.58. The van der Waals surface area contributed by atoms with Crippen molar-refractivity contribution in [3.05, 3.63) is 60.4 Å². The third-order valence-corrected chi connectivity index (χ3v) is 3.43. The molecule has 0 amide bonds. The number of aryl methyl sites for hydroxylation is 1. The van der Waals surface area contributed by atoms with Crippen molar-refractivity contribution >= 4 is 16.7 Å². The number of pyridine rings is 1. The molecule has 0 fully saturated rings. The van der Waals surface area contributed by atoms with Crippen LogP contribution in [0.2, 0.25) is 0 Å². The first-order valence-electron chi connectivity index (χ1n) is 6.58. The fourth-order valence-corrected chi connectivity index (χ4v) is 2.37. The van der Waals surface area contributed by atoms with Crippen LogP contribution in [0, 0.1) is 0 Å². The van der Waals surface area contributed by atoms with Crippen molar-refractivity contribution in [2.75, 3.05) is 11.9 Å². The van der Waals surface area contributed by atoms with Crippen molar-refractivity contribution in [1.29, 1.82) is 0 Å². The topological polar surface area (TPSA) is 31.7 Å². The summed E-state index contributed by atoms with van der Waals surface area (Å²) in [6.07, 6.45) is 5.17. The summed E-state index contributed by atoms with van der Waals surface area (Å²) in [5, 5.41) is 4.79. The lowest BCUT2D eigenvalue weighted by molar-refractivity contribution is -0.657. The summed E-state index contributed by atoms with van der Waals surface area (Å²) < 4.78 is 2.09. The van der Waals surface area contributed by atoms with Gasteiger partial charge in [-0.05, 0) is 17.7 Å². The number of aromatic nitrogens is 2. The van der Waals surface area contributed by atoms with E-state index in [1.807, 2.05) is 25.4 Å². The lowest BCUT2D eigenvalue weighted by Gasteiger charge is -2.02. The molecule has 1 aromatic carbocycles. The molecule has 0 aliphatic carbocycles. The smallest absolute Gasteiger partial charge is 0.274 e. The summed E-state index contributed by atoms with van der Waals surface area (Å²) in [5.74, 6) is 1.14. The van der Waals surface area contributed by atoms with Crippen molar-refractivity contribution in [3.8, 4) is 0 Å². The Morgan fingerprint density at radius 1 is 1.11 bits per heavy atom. The minimum absolute atomic E-state index is 0.930. The molecular weight excluding hydrogens is 234 g/mol. The van der Waals surface area contributed by atoms with Crippen molar-refractivity contribution in [2.24, 2.45) is 7.05 Å². The van der Waals surface area contributed by atoms with E-state index in [4.69, 9.17) is 0 Å². The van der Waals surface area contributed by atoms with Crippen molar-refractivity contribution < 1.29 is 4.57 Å². The zero-order valence-electron chi connectivity index (χ0n) is 11.1. The van der Waals surface area contributed by atoms with E-state index >= 15 is 0 Å². The number of anilines is 1. The van der Waals surface area contributed by atoms with E-state index in [0.717, 1.165) is 18.8 Å². The third kappa shape index (κ3) is 2.45. The first-order chi connectivity index (χ1) is 9.34. The predicted octanol–water partition coefficient (Wildman–Crippen LogP) is 2.65. The number of nitrogens with one attached hydrogen (secondary N) is 2. The molecule has 2 aromatic heterocycles. The fourth-order valence-electron chi connectivity index (χ4n) is 2.37. The Kier molecular flexibility index (Phi) is 3.19. The first kappa shape index (κ1) is 11.8. The highest BCUT2D eigenvalue weighted by atomic mass is 15.1. The van der Waals surface area contributed by atoms with E-state index in [1.165, 1.54) is 16.5 Å². The maximum Gasteiger partial charge on any atom is 0.274 e. The summed E-state index contributed by atoms with van der Waals surface area (Å²) in [6.45, 7) is 0.930. The Labute approximate surface area is 112 Å². The van der Waals surface area contributed by atoms with Gasteiger partial charge in [0.05, 0.1) is 19.8 Å². The number of H-pyrrole nitrogens is 1. The molecule has 3 nitrogen and oxygen atoms in total. The van der Waals surface area contributed by atoms with Crippen molar-refractivity contribution in [3.63, 3.8) is 0 Å². The summed E-state index contributed by atoms with van der Waals surface area (Å²) in [6, 6.07) is 14.6. The lowest BCUT2D eigenvalue weighted by Crippen LogP contribution is -2.32. The molecule has 96 valence electrons. The van der Waals surface area contributed by atoms with Gasteiger partial charge in [-0.3, -0.25) is 5.32 Å². The highest BCUT2D eigenvalue weighted by Gasteiger charge is 2.06. The van der Waals surface area contributed by atoms with Gasteiger partial charge in [0, 0.05) is 29.6 Å². The Bertz CT molecular complexity index is 685. The van der Waals surface area contributed by atoms with E-state index < -0.39 is 0 Å². The van der Waals surface area contributed by atoms with Crippen LogP contribution in [0.3, 0.4) is 0 Å². The minimum atomic E-state index is 0.930. The zero-order chi connectivity index (χ0) is 13.1. The number of rotatable bonds is 4. The van der Waals surface area contributed by atoms with E-state index in [1.54, 1.807) is 0 Å². The van der Waals surface area contributed by atoms with Crippen LogP contribution in [0.5, 0.6) is 0 Å². The third-order valence-electron chi connectivity index (χ3n) is 3.43. The predicted molar refractivity (Wildman–Crippen MR) is 78.1 cm³/mol. The monoisotopic (exact) mass is 252 g/mol. The minimum Gasteiger partial charge on any atom is -0.361 e. The van der Waals surface area contributed by atoms with Crippen LogP contribution in [-0.2, 0) is 13.5 Å². The maximum absolute atomic E-state index is 3.46. The number of hydrogen-bond acceptors (Lipinski definition) is 1. The Balaban J connectivity index is 1.68. The molecule has 0 atom stereocenters. The van der Waals surface area contributed by atoms with E-state index in [9.17, 15) is 0 Å². The van der Waals surface area contributed by atoms with E-state index in [0.29, 0.717) is 0 Å². The molecule has 0 bridgehead atoms. The largest absolute Gasteiger partial charge is 0.361 e. The molecular formula is C16H18N3+. The van der Waals surface area contributed by atoms with Gasteiger partial charge >= 0.3 is 0 Å². The lowest BCUT2D eigenvalue weighted by atomic mass is 10.1. The van der Waals surface area contributed by atoms with Gasteiger partial charge in [-0.2, -0.15) is 0 Å². The van der Waals surface area contributed by atoms with Crippen LogP contribution in [0.15, 0.2) is 54.9 Å². The molecule has 3 rings (SSSR count). The normalized spacial score (nSPS) is 10.8. The SMILES string of the molecule is C[n+]1ccccc1NCCc1c[nH]c2ccccc12. The number of fused-ring (bicyclic) bond motifs is 1. The summed E-state index contributed by atoms with van der Waals surface area (Å²) in [7, 11) is 2.05. The molecule has 3 heteroatoms.